The Balaban J connectivity index is 1.12. The number of ether oxygens (including phenoxy) is 6. The third kappa shape index (κ3) is 7.40. The molecule has 0 aliphatic carbocycles. The summed E-state index contributed by atoms with van der Waals surface area (Å²) >= 11 is 0. The van der Waals surface area contributed by atoms with Crippen molar-refractivity contribution < 1.29 is 89.0 Å². The van der Waals surface area contributed by atoms with E-state index < -0.39 is 112 Å². The molecule has 11 N–H and O–H groups in total. The van der Waals surface area contributed by atoms with Crippen LogP contribution in [-0.4, -0.2) is 168 Å². The molecule has 6 rings (SSSR count). The average Bonchev–Trinajstić information content (AvgIpc) is 3.14. The van der Waals surface area contributed by atoms with Crippen LogP contribution < -0.4 is 10.2 Å². The quantitative estimate of drug-likeness (QED) is 0.0943. The molecule has 4 heterocycles. The summed E-state index contributed by atoms with van der Waals surface area (Å²) in [6.07, 6.45) is -24.4. The second kappa shape index (κ2) is 15.9. The molecule has 0 spiro atoms. The lowest BCUT2D eigenvalue weighted by molar-refractivity contribution is -0.376. The fourth-order valence-corrected chi connectivity index (χ4v) is 6.30. The number of phenols is 1. The third-order valence-electron chi connectivity index (χ3n) is 9.25. The molecule has 0 bridgehead atoms. The van der Waals surface area contributed by atoms with Gasteiger partial charge in [-0.3, -0.25) is 4.79 Å². The van der Waals surface area contributed by atoms with E-state index in [2.05, 4.69) is 0 Å². The van der Waals surface area contributed by atoms with Gasteiger partial charge in [-0.25, -0.2) is 0 Å². The molecule has 3 saturated heterocycles. The molecule has 1 aromatic heterocycles. The Morgan fingerprint density at radius 3 is 1.69 bits per heavy atom. The zero-order valence-corrected chi connectivity index (χ0v) is 27.1. The number of aliphatic hydroxyl groups is 10. The molecule has 0 saturated carbocycles. The molecule has 3 fully saturated rings. The SMILES string of the molecule is O=c1c(-c2ccc(O)cc2)coc2cc(O[C@@H]3O[C@H](CO)[C@@H](O[C@@H]4O[C@H](CO)[C@@H](O[C@@H]5O[C@H](CO)[C@@H](O)[C@H](O)[C@H]5O)[C@H](O)[C@H]4O)[C@H](O)[C@H]3O)ccc12. The number of rotatable bonds is 10. The predicted molar refractivity (Wildman–Crippen MR) is 169 cm³/mol. The zero-order valence-electron chi connectivity index (χ0n) is 27.1. The van der Waals surface area contributed by atoms with Crippen LogP contribution in [0, 0.1) is 0 Å². The van der Waals surface area contributed by atoms with Gasteiger partial charge in [0.05, 0.1) is 30.8 Å². The molecule has 52 heavy (non-hydrogen) atoms. The first-order valence-corrected chi connectivity index (χ1v) is 16.2. The highest BCUT2D eigenvalue weighted by molar-refractivity contribution is 5.82. The van der Waals surface area contributed by atoms with Crippen LogP contribution in [0.4, 0.5) is 0 Å². The van der Waals surface area contributed by atoms with Crippen molar-refractivity contribution in [2.75, 3.05) is 19.8 Å². The number of hydrogen-bond donors (Lipinski definition) is 11. The molecule has 3 aromatic rings. The van der Waals surface area contributed by atoms with Gasteiger partial charge in [-0.2, -0.15) is 0 Å². The first-order chi connectivity index (χ1) is 24.9. The lowest BCUT2D eigenvalue weighted by Crippen LogP contribution is -2.66. The predicted octanol–water partition coefficient (Wildman–Crippen LogP) is -4.01. The van der Waals surface area contributed by atoms with Crippen LogP contribution in [0.25, 0.3) is 22.1 Å². The van der Waals surface area contributed by atoms with E-state index in [1.54, 1.807) is 12.1 Å². The molecular formula is C33H40O19. The van der Waals surface area contributed by atoms with E-state index in [0.29, 0.717) is 5.56 Å². The number of hydrogen-bond acceptors (Lipinski definition) is 19. The summed E-state index contributed by atoms with van der Waals surface area (Å²) in [4.78, 5) is 13.1. The Morgan fingerprint density at radius 2 is 1.12 bits per heavy atom. The number of aromatic hydroxyl groups is 1. The van der Waals surface area contributed by atoms with E-state index in [9.17, 15) is 61.0 Å². The van der Waals surface area contributed by atoms with E-state index in [-0.39, 0.29) is 33.5 Å². The zero-order chi connectivity index (χ0) is 37.4. The molecule has 0 radical (unpaired) electrons. The molecule has 3 aliphatic heterocycles. The highest BCUT2D eigenvalue weighted by atomic mass is 16.8. The van der Waals surface area contributed by atoms with Gasteiger partial charge in [0.1, 0.15) is 96.6 Å². The summed E-state index contributed by atoms with van der Waals surface area (Å²) in [5.74, 6) is 0.0744. The Bertz CT molecular complexity index is 1700. The number of benzene rings is 2. The molecular weight excluding hydrogens is 700 g/mol. The summed E-state index contributed by atoms with van der Waals surface area (Å²) in [7, 11) is 0. The maximum Gasteiger partial charge on any atom is 0.229 e. The Hall–Kier alpha value is -3.35. The van der Waals surface area contributed by atoms with Crippen molar-refractivity contribution in [3.05, 3.63) is 59.0 Å². The summed E-state index contributed by atoms with van der Waals surface area (Å²) in [6.45, 7) is -2.43. The Kier molecular flexibility index (Phi) is 11.8. The lowest BCUT2D eigenvalue weighted by atomic mass is 9.96. The molecule has 15 atom stereocenters. The van der Waals surface area contributed by atoms with Gasteiger partial charge >= 0.3 is 0 Å². The van der Waals surface area contributed by atoms with Gasteiger partial charge in [0.2, 0.25) is 6.29 Å². The van der Waals surface area contributed by atoms with Crippen LogP contribution in [0.15, 0.2) is 57.9 Å². The maximum atomic E-state index is 13.1. The minimum Gasteiger partial charge on any atom is -0.508 e. The van der Waals surface area contributed by atoms with E-state index in [4.69, 9.17) is 32.8 Å². The van der Waals surface area contributed by atoms with E-state index in [1.807, 2.05) is 0 Å². The van der Waals surface area contributed by atoms with Gasteiger partial charge in [0.25, 0.3) is 0 Å². The minimum absolute atomic E-state index is 0.0274. The highest BCUT2D eigenvalue weighted by Crippen LogP contribution is 2.33. The van der Waals surface area contributed by atoms with Crippen LogP contribution in [0.3, 0.4) is 0 Å². The second-order valence-corrected chi connectivity index (χ2v) is 12.6. The molecule has 0 unspecified atom stereocenters. The van der Waals surface area contributed by atoms with Gasteiger partial charge in [0, 0.05) is 6.07 Å². The van der Waals surface area contributed by atoms with Crippen molar-refractivity contribution in [2.24, 2.45) is 0 Å². The third-order valence-corrected chi connectivity index (χ3v) is 9.25. The normalized spacial score (nSPS) is 38.3. The Morgan fingerprint density at radius 1 is 0.596 bits per heavy atom. The molecule has 286 valence electrons. The minimum atomic E-state index is -1.97. The van der Waals surface area contributed by atoms with E-state index in [0.717, 1.165) is 0 Å². The van der Waals surface area contributed by atoms with Crippen LogP contribution in [0.5, 0.6) is 11.5 Å². The highest BCUT2D eigenvalue weighted by Gasteiger charge is 2.53. The van der Waals surface area contributed by atoms with E-state index >= 15 is 0 Å². The lowest BCUT2D eigenvalue weighted by Gasteiger charge is -2.48. The van der Waals surface area contributed by atoms with Crippen molar-refractivity contribution in [3.8, 4) is 22.6 Å². The summed E-state index contributed by atoms with van der Waals surface area (Å²) in [6, 6.07) is 10.1. The van der Waals surface area contributed by atoms with Crippen LogP contribution in [0.2, 0.25) is 0 Å². The van der Waals surface area contributed by atoms with Gasteiger partial charge in [-0.05, 0) is 29.8 Å². The van der Waals surface area contributed by atoms with Gasteiger partial charge in [-0.1, -0.05) is 12.1 Å². The fraction of sp³-hybridized carbons (Fsp3) is 0.545. The van der Waals surface area contributed by atoms with Crippen molar-refractivity contribution >= 4 is 11.0 Å². The average molecular weight is 741 g/mol. The molecule has 3 aliphatic rings. The van der Waals surface area contributed by atoms with E-state index in [1.165, 1.54) is 36.6 Å². The van der Waals surface area contributed by atoms with Crippen LogP contribution in [0.1, 0.15) is 0 Å². The van der Waals surface area contributed by atoms with Gasteiger partial charge in [0.15, 0.2) is 18.0 Å². The monoisotopic (exact) mass is 740 g/mol. The number of phenolic OH excluding ortho intramolecular Hbond substituents is 1. The van der Waals surface area contributed by atoms with Crippen molar-refractivity contribution in [3.63, 3.8) is 0 Å². The fourth-order valence-electron chi connectivity index (χ4n) is 6.30. The van der Waals surface area contributed by atoms with Crippen molar-refractivity contribution in [1.82, 2.24) is 0 Å². The van der Waals surface area contributed by atoms with Crippen LogP contribution in [-0.2, 0) is 23.7 Å². The summed E-state index contributed by atoms with van der Waals surface area (Å²) in [5, 5.41) is 114. The Labute approximate surface area is 293 Å². The van der Waals surface area contributed by atoms with Gasteiger partial charge in [-0.15, -0.1) is 0 Å². The maximum absolute atomic E-state index is 13.1. The molecule has 0 amide bonds. The molecule has 2 aromatic carbocycles. The molecule has 19 nitrogen and oxygen atoms in total. The first-order valence-electron chi connectivity index (χ1n) is 16.2. The van der Waals surface area contributed by atoms with Crippen LogP contribution >= 0.6 is 0 Å². The molecule has 19 heteroatoms. The number of aliphatic hydroxyl groups excluding tert-OH is 10. The number of fused-ring (bicyclic) bond motifs is 1. The summed E-state index contributed by atoms with van der Waals surface area (Å²) < 4.78 is 39.2. The standard InChI is InChI=1S/C33H40O19/c34-8-18-22(39)23(40)26(43)32(48-18)51-30-20(10-36)50-33(28(45)25(30)42)52-29-19(9-35)49-31(27(44)24(29)41)47-14-5-6-15-17(7-14)46-11-16(21(15)38)12-1-3-13(37)4-2-12/h1-7,11,18-20,22-37,39-45H,8-10H2/t18-,19-,20-,22-,23+,24-,25-,26-,27-,28-,29-,30-,31-,32+,33+/m1/s1. The van der Waals surface area contributed by atoms with Crippen molar-refractivity contribution in [1.29, 1.82) is 0 Å². The second-order valence-electron chi connectivity index (χ2n) is 12.6. The topological polar surface area (TPSA) is 308 Å². The summed E-state index contributed by atoms with van der Waals surface area (Å²) in [5.41, 5.74) is 0.511. The first kappa shape index (κ1) is 38.4. The van der Waals surface area contributed by atoms with Gasteiger partial charge < -0.3 is 89.0 Å². The largest absolute Gasteiger partial charge is 0.508 e. The smallest absolute Gasteiger partial charge is 0.229 e. The van der Waals surface area contributed by atoms with Crippen molar-refractivity contribution in [2.45, 2.75) is 92.1 Å².